The summed E-state index contributed by atoms with van der Waals surface area (Å²) in [5.41, 5.74) is 5.07. The Morgan fingerprint density at radius 1 is 0.882 bits per heavy atom. The highest BCUT2D eigenvalue weighted by atomic mass is 35.5. The first-order valence-electron chi connectivity index (χ1n) is 23.6. The van der Waals surface area contributed by atoms with Crippen LogP contribution in [-0.4, -0.2) is 130 Å². The van der Waals surface area contributed by atoms with Crippen LogP contribution in [0.3, 0.4) is 0 Å². The van der Waals surface area contributed by atoms with Crippen molar-refractivity contribution in [3.63, 3.8) is 0 Å². The summed E-state index contributed by atoms with van der Waals surface area (Å²) in [5, 5.41) is 17.2. The number of carbonyl (C=O) groups excluding carboxylic acids is 6. The Kier molecular flexibility index (Phi) is 50.7. The summed E-state index contributed by atoms with van der Waals surface area (Å²) in [4.78, 5) is 81.8. The molecule has 0 aliphatic heterocycles. The van der Waals surface area contributed by atoms with Gasteiger partial charge < -0.3 is 40.4 Å². The number of unbranched alkanes of at least 4 members (excludes halogenated alkanes) is 1. The van der Waals surface area contributed by atoms with E-state index >= 15 is 0 Å². The lowest BCUT2D eigenvalue weighted by Crippen LogP contribution is -2.54. The fourth-order valence-electron chi connectivity index (χ4n) is 5.15. The van der Waals surface area contributed by atoms with E-state index in [0.29, 0.717) is 37.9 Å². The molecule has 4 unspecified atom stereocenters. The van der Waals surface area contributed by atoms with Gasteiger partial charge in [0, 0.05) is 25.7 Å². The number of carbonyl (C=O) groups is 7. The number of carboxylic acids is 1. The van der Waals surface area contributed by atoms with Gasteiger partial charge in [-0.2, -0.15) is 5.54 Å². The summed E-state index contributed by atoms with van der Waals surface area (Å²) >= 11 is 5.61. The van der Waals surface area contributed by atoms with Gasteiger partial charge in [-0.25, -0.2) is 0 Å². The monoisotopic (exact) mass is 987 g/mol. The lowest BCUT2D eigenvalue weighted by Gasteiger charge is -2.25. The number of halogens is 2. The molecule has 0 radical (unpaired) electrons. The molecule has 1 aromatic carbocycles. The number of likely N-dealkylation sites (N-methyl/N-ethyl adjacent to an activating group) is 2. The van der Waals surface area contributed by atoms with E-state index in [1.165, 1.54) is 49.1 Å². The molecule has 5 N–H and O–H groups in total. The van der Waals surface area contributed by atoms with Gasteiger partial charge in [-0.05, 0) is 123 Å². The van der Waals surface area contributed by atoms with Gasteiger partial charge in [0.25, 0.3) is 0 Å². The van der Waals surface area contributed by atoms with Crippen LogP contribution in [0.15, 0.2) is 47.6 Å². The van der Waals surface area contributed by atoms with Crippen molar-refractivity contribution in [2.75, 3.05) is 54.5 Å². The van der Waals surface area contributed by atoms with Crippen LogP contribution in [0.1, 0.15) is 134 Å². The topological polar surface area (TPSA) is 204 Å². The van der Waals surface area contributed by atoms with Gasteiger partial charge in [0.1, 0.15) is 37.3 Å². The Balaban J connectivity index is -0.000000258. The Hall–Kier alpha value is -4.51. The van der Waals surface area contributed by atoms with E-state index in [2.05, 4.69) is 68.3 Å². The standard InChI is InChI=1S/C13H25N3O4.C13H22O.C12H22FN3O4.C7H7Cl.C4H10.C2H6/c1-6-8(2)11(15-10(17)7-16(4)5)12(18)14-9(3)13(19)20;1-5-11(2)9-12(3)7-6-8-13(4)10-14;1-16(7-8-17)12(19)10(5-3-4-6-14-13)15-11(18)9-20-2;1-6-2-4-7(8)5-3-6;1-4(2)3;1-2/h8-9,11H,6-7H2,1-5H3,(H,14,18)(H,15,17)(H,19,20);5,8,10,12H,6-7,9H2,1-4H3;8,10,14H,3-7,9H2,1-2H3,(H,15,18);2-5H,1H3;4H,1-3H3;1-2H3/b;11-5+,13-8+;;;;/t8?,9-,11?;;;;;/m1...../s1. The highest BCUT2D eigenvalue weighted by Gasteiger charge is 2.28. The number of aldehydes is 2. The average molecular weight is 988 g/mol. The number of carboxylic acid groups (broad SMARTS) is 1. The minimum Gasteiger partial charge on any atom is -0.480 e. The average Bonchev–Trinajstić information content (AvgIpc) is 3.27. The zero-order valence-corrected chi connectivity index (χ0v) is 45.5. The number of allylic oxidation sites excluding steroid dienone is 4. The number of nitrogens with one attached hydrogen (secondary N) is 4. The van der Waals surface area contributed by atoms with E-state index in [0.717, 1.165) is 35.6 Å². The molecule has 0 saturated heterocycles. The molecule has 0 fully saturated rings. The van der Waals surface area contributed by atoms with Gasteiger partial charge >= 0.3 is 5.97 Å². The Labute approximate surface area is 415 Å². The molecule has 0 aliphatic rings. The summed E-state index contributed by atoms with van der Waals surface area (Å²) in [6.45, 7) is 26.2. The van der Waals surface area contributed by atoms with Crippen molar-refractivity contribution >= 4 is 53.8 Å². The van der Waals surface area contributed by atoms with Crippen molar-refractivity contribution in [3.8, 4) is 0 Å². The Morgan fingerprint density at radius 2 is 1.44 bits per heavy atom. The van der Waals surface area contributed by atoms with Crippen molar-refractivity contribution in [2.45, 2.75) is 153 Å². The molecule has 0 aliphatic carbocycles. The van der Waals surface area contributed by atoms with E-state index in [9.17, 15) is 38.0 Å². The number of ether oxygens (including phenoxy) is 1. The van der Waals surface area contributed by atoms with Gasteiger partial charge in [-0.15, -0.1) is 4.48 Å². The Bertz CT molecular complexity index is 1540. The van der Waals surface area contributed by atoms with Gasteiger partial charge in [-0.3, -0.25) is 28.8 Å². The molecule has 68 heavy (non-hydrogen) atoms. The molecular formula is C51H92ClFN6O9. The summed E-state index contributed by atoms with van der Waals surface area (Å²) in [7, 11) is 6.37. The van der Waals surface area contributed by atoms with E-state index in [1.807, 2.05) is 71.9 Å². The minimum atomic E-state index is -1.11. The molecule has 15 nitrogen and oxygen atoms in total. The molecule has 0 saturated carbocycles. The number of aliphatic carboxylic acids is 1. The maximum absolute atomic E-state index is 12.1. The molecule has 5 atom stereocenters. The van der Waals surface area contributed by atoms with E-state index in [-0.39, 0.29) is 44.0 Å². The van der Waals surface area contributed by atoms with Crippen molar-refractivity contribution in [3.05, 3.63) is 58.1 Å². The first kappa shape index (κ1) is 72.5. The maximum Gasteiger partial charge on any atom is 0.325 e. The molecular weight excluding hydrogens is 895 g/mol. The van der Waals surface area contributed by atoms with Crippen LogP contribution in [0.5, 0.6) is 0 Å². The first-order valence-corrected chi connectivity index (χ1v) is 24.0. The molecule has 0 bridgehead atoms. The number of hydrogen-bond acceptors (Lipinski definition) is 10. The van der Waals surface area contributed by atoms with E-state index in [4.69, 9.17) is 16.7 Å². The smallest absolute Gasteiger partial charge is 0.325 e. The number of amides is 4. The van der Waals surface area contributed by atoms with Crippen LogP contribution in [0, 0.1) is 24.7 Å². The second-order valence-electron chi connectivity index (χ2n) is 17.2. The van der Waals surface area contributed by atoms with Crippen molar-refractivity contribution in [2.24, 2.45) is 17.8 Å². The number of nitrogens with zero attached hydrogens (tertiary/aromatic N) is 2. The second-order valence-corrected chi connectivity index (χ2v) is 17.6. The third-order valence-corrected chi connectivity index (χ3v) is 9.39. The SMILES string of the molecule is C/C=C(\C)CC(C)CC/C=C(\C)C=O.CC.CC(C)C.CCC(C)C(NC(=O)CN(C)C)C(=O)N[C@H](C)C(=O)O.COCC(=O)NC(CCCCNF)C(=O)N(C)CC=O.Cc1ccc(Cl)cc1. The zero-order valence-electron chi connectivity index (χ0n) is 44.7. The third kappa shape index (κ3) is 46.6. The van der Waals surface area contributed by atoms with Crippen LogP contribution in [-0.2, 0) is 38.3 Å². The predicted molar refractivity (Wildman–Crippen MR) is 276 cm³/mol. The fourth-order valence-corrected chi connectivity index (χ4v) is 5.28. The summed E-state index contributed by atoms with van der Waals surface area (Å²) < 4.78 is 16.4. The molecule has 17 heteroatoms. The number of aryl methyl sites for hydroxylation is 1. The largest absolute Gasteiger partial charge is 0.480 e. The Morgan fingerprint density at radius 3 is 1.87 bits per heavy atom. The normalized spacial score (nSPS) is 12.8. The lowest BCUT2D eigenvalue weighted by atomic mass is 9.97. The maximum atomic E-state index is 12.1. The highest BCUT2D eigenvalue weighted by Crippen LogP contribution is 2.16. The van der Waals surface area contributed by atoms with Gasteiger partial charge in [0.05, 0.1) is 13.1 Å². The highest BCUT2D eigenvalue weighted by molar-refractivity contribution is 6.30. The van der Waals surface area contributed by atoms with Crippen molar-refractivity contribution in [1.82, 2.24) is 31.3 Å². The number of hydrogen-bond donors (Lipinski definition) is 5. The fraction of sp³-hybridized carbons (Fsp3) is 0.667. The molecule has 1 aromatic rings. The summed E-state index contributed by atoms with van der Waals surface area (Å²) in [6.07, 6.45) is 11.2. The van der Waals surface area contributed by atoms with Crippen LogP contribution < -0.4 is 21.5 Å². The molecule has 0 aromatic heterocycles. The third-order valence-electron chi connectivity index (χ3n) is 9.13. The summed E-state index contributed by atoms with van der Waals surface area (Å²) in [6, 6.07) is 5.30. The van der Waals surface area contributed by atoms with Crippen molar-refractivity contribution < 1.29 is 47.9 Å². The molecule has 1 rings (SSSR count). The van der Waals surface area contributed by atoms with Gasteiger partial charge in [0.2, 0.25) is 23.6 Å². The molecule has 0 heterocycles. The number of rotatable bonds is 25. The van der Waals surface area contributed by atoms with Crippen LogP contribution in [0.4, 0.5) is 4.48 Å². The molecule has 4 amide bonds. The van der Waals surface area contributed by atoms with E-state index < -0.39 is 35.9 Å². The molecule has 0 spiro atoms. The predicted octanol–water partition coefficient (Wildman–Crippen LogP) is 8.33. The zero-order chi connectivity index (χ0) is 53.8. The second kappa shape index (κ2) is 47.6. The number of methoxy groups -OCH3 is 1. The van der Waals surface area contributed by atoms with Gasteiger partial charge in [0.15, 0.2) is 0 Å². The summed E-state index contributed by atoms with van der Waals surface area (Å²) in [5.74, 6) is -1.15. The molecule has 394 valence electrons. The number of benzene rings is 1. The van der Waals surface area contributed by atoms with E-state index in [1.54, 1.807) is 19.0 Å². The lowest BCUT2D eigenvalue weighted by molar-refractivity contribution is -0.142. The first-order chi connectivity index (χ1) is 31.9. The minimum absolute atomic E-state index is 0.0402. The van der Waals surface area contributed by atoms with Crippen LogP contribution in [0.25, 0.3) is 0 Å². The van der Waals surface area contributed by atoms with Crippen LogP contribution >= 0.6 is 11.6 Å². The van der Waals surface area contributed by atoms with Crippen LogP contribution in [0.2, 0.25) is 5.02 Å². The van der Waals surface area contributed by atoms with Gasteiger partial charge in [-0.1, -0.05) is 109 Å². The quantitative estimate of drug-likeness (QED) is 0.0207. The van der Waals surface area contributed by atoms with Crippen molar-refractivity contribution in [1.29, 1.82) is 0 Å².